The highest BCUT2D eigenvalue weighted by Gasteiger charge is 2.35. The number of aromatic nitrogens is 2. The van der Waals surface area contributed by atoms with Crippen molar-refractivity contribution in [2.24, 2.45) is 11.8 Å². The quantitative estimate of drug-likeness (QED) is 0.716. The number of rotatable bonds is 7. The SMILES string of the molecule is CC(C)Cn1ccnc1CNC(=O)NC(C)(CO)C1CCCCC1. The van der Waals surface area contributed by atoms with E-state index in [9.17, 15) is 9.90 Å². The molecular formula is C18H32N4O2. The fraction of sp³-hybridized carbons (Fsp3) is 0.778. The molecular weight excluding hydrogens is 304 g/mol. The summed E-state index contributed by atoms with van der Waals surface area (Å²) in [4.78, 5) is 16.6. The third-order valence-corrected chi connectivity index (χ3v) is 5.00. The molecule has 1 aromatic heterocycles. The first kappa shape index (κ1) is 18.8. The zero-order valence-electron chi connectivity index (χ0n) is 15.2. The van der Waals surface area contributed by atoms with E-state index >= 15 is 0 Å². The van der Waals surface area contributed by atoms with Crippen molar-refractivity contribution in [2.75, 3.05) is 6.61 Å². The Morgan fingerprint density at radius 1 is 1.42 bits per heavy atom. The lowest BCUT2D eigenvalue weighted by molar-refractivity contribution is 0.101. The van der Waals surface area contributed by atoms with Crippen LogP contribution < -0.4 is 10.6 Å². The molecule has 6 nitrogen and oxygen atoms in total. The molecule has 136 valence electrons. The van der Waals surface area contributed by atoms with Crippen molar-refractivity contribution in [1.29, 1.82) is 0 Å². The van der Waals surface area contributed by atoms with Gasteiger partial charge in [-0.1, -0.05) is 33.1 Å². The maximum Gasteiger partial charge on any atom is 0.315 e. The van der Waals surface area contributed by atoms with E-state index in [4.69, 9.17) is 0 Å². The van der Waals surface area contributed by atoms with Crippen LogP contribution >= 0.6 is 0 Å². The van der Waals surface area contributed by atoms with E-state index in [1.54, 1.807) is 6.20 Å². The molecule has 1 aliphatic rings. The number of carbonyl (C=O) groups is 1. The van der Waals surface area contributed by atoms with Crippen LogP contribution in [0, 0.1) is 11.8 Å². The Balaban J connectivity index is 1.88. The Bertz CT molecular complexity index is 523. The average molecular weight is 336 g/mol. The summed E-state index contributed by atoms with van der Waals surface area (Å²) in [7, 11) is 0. The maximum atomic E-state index is 12.3. The Hall–Kier alpha value is -1.56. The van der Waals surface area contributed by atoms with Crippen LogP contribution in [0.25, 0.3) is 0 Å². The van der Waals surface area contributed by atoms with E-state index in [1.165, 1.54) is 19.3 Å². The predicted octanol–water partition coefficient (Wildman–Crippen LogP) is 2.67. The Kier molecular flexibility index (Phi) is 6.66. The maximum absolute atomic E-state index is 12.3. The molecule has 0 saturated heterocycles. The molecule has 0 aliphatic heterocycles. The fourth-order valence-electron chi connectivity index (χ4n) is 3.54. The van der Waals surface area contributed by atoms with Crippen LogP contribution in [0.4, 0.5) is 4.79 Å². The van der Waals surface area contributed by atoms with E-state index < -0.39 is 5.54 Å². The number of nitrogens with zero attached hydrogens (tertiary/aromatic N) is 2. The van der Waals surface area contributed by atoms with Gasteiger partial charge in [0.2, 0.25) is 0 Å². The summed E-state index contributed by atoms with van der Waals surface area (Å²) in [6, 6.07) is -0.240. The van der Waals surface area contributed by atoms with Crippen LogP contribution in [0.3, 0.4) is 0 Å². The molecule has 2 amide bonds. The molecule has 1 aromatic rings. The molecule has 1 aliphatic carbocycles. The number of hydrogen-bond acceptors (Lipinski definition) is 3. The van der Waals surface area contributed by atoms with Gasteiger partial charge in [0.15, 0.2) is 0 Å². The molecule has 1 heterocycles. The topological polar surface area (TPSA) is 79.2 Å². The van der Waals surface area contributed by atoms with Crippen LogP contribution in [0.15, 0.2) is 12.4 Å². The van der Waals surface area contributed by atoms with Crippen molar-refractivity contribution in [3.63, 3.8) is 0 Å². The molecule has 24 heavy (non-hydrogen) atoms. The molecule has 1 atom stereocenters. The number of amides is 2. The van der Waals surface area contributed by atoms with Gasteiger partial charge in [0, 0.05) is 18.9 Å². The van der Waals surface area contributed by atoms with Crippen LogP contribution in [-0.2, 0) is 13.1 Å². The molecule has 3 N–H and O–H groups in total. The highest BCUT2D eigenvalue weighted by atomic mass is 16.3. The summed E-state index contributed by atoms with van der Waals surface area (Å²) in [6.07, 6.45) is 9.44. The van der Waals surface area contributed by atoms with E-state index in [-0.39, 0.29) is 12.6 Å². The van der Waals surface area contributed by atoms with E-state index in [2.05, 4.69) is 34.0 Å². The minimum atomic E-state index is -0.558. The van der Waals surface area contributed by atoms with Gasteiger partial charge in [-0.05, 0) is 31.6 Å². The molecule has 1 saturated carbocycles. The molecule has 0 radical (unpaired) electrons. The molecule has 1 unspecified atom stereocenters. The predicted molar refractivity (Wildman–Crippen MR) is 94.5 cm³/mol. The van der Waals surface area contributed by atoms with Gasteiger partial charge in [0.05, 0.1) is 18.7 Å². The summed E-state index contributed by atoms with van der Waals surface area (Å²) in [5.74, 6) is 1.71. The van der Waals surface area contributed by atoms with Gasteiger partial charge in [0.25, 0.3) is 0 Å². The van der Waals surface area contributed by atoms with Gasteiger partial charge in [0.1, 0.15) is 5.82 Å². The number of carbonyl (C=O) groups excluding carboxylic acids is 1. The van der Waals surface area contributed by atoms with Crippen molar-refractivity contribution < 1.29 is 9.90 Å². The third-order valence-electron chi connectivity index (χ3n) is 5.00. The van der Waals surface area contributed by atoms with Crippen LogP contribution in [0.5, 0.6) is 0 Å². The molecule has 2 rings (SSSR count). The van der Waals surface area contributed by atoms with Gasteiger partial charge in [-0.15, -0.1) is 0 Å². The summed E-state index contributed by atoms with van der Waals surface area (Å²) in [5.41, 5.74) is -0.558. The van der Waals surface area contributed by atoms with Crippen LogP contribution in [0.1, 0.15) is 58.7 Å². The first-order chi connectivity index (χ1) is 11.4. The second-order valence-corrected chi connectivity index (χ2v) is 7.61. The number of imidazole rings is 1. The van der Waals surface area contributed by atoms with Gasteiger partial charge < -0.3 is 20.3 Å². The summed E-state index contributed by atoms with van der Waals surface area (Å²) in [6.45, 7) is 7.49. The fourth-order valence-corrected chi connectivity index (χ4v) is 3.54. The molecule has 6 heteroatoms. The van der Waals surface area contributed by atoms with Crippen LogP contribution in [-0.4, -0.2) is 32.8 Å². The number of hydrogen-bond donors (Lipinski definition) is 3. The molecule has 0 bridgehead atoms. The second-order valence-electron chi connectivity index (χ2n) is 7.61. The highest BCUT2D eigenvalue weighted by Crippen LogP contribution is 2.32. The minimum Gasteiger partial charge on any atom is -0.394 e. The lowest BCUT2D eigenvalue weighted by atomic mass is 9.76. The number of urea groups is 1. The minimum absolute atomic E-state index is 0.0347. The molecule has 0 aromatic carbocycles. The third kappa shape index (κ3) is 4.97. The van der Waals surface area contributed by atoms with E-state index in [0.717, 1.165) is 25.2 Å². The van der Waals surface area contributed by atoms with Gasteiger partial charge in [-0.25, -0.2) is 9.78 Å². The van der Waals surface area contributed by atoms with E-state index in [0.29, 0.717) is 18.4 Å². The normalized spacial score (nSPS) is 18.4. The average Bonchev–Trinajstić information content (AvgIpc) is 3.00. The highest BCUT2D eigenvalue weighted by molar-refractivity contribution is 5.74. The number of aliphatic hydroxyl groups is 1. The van der Waals surface area contributed by atoms with Crippen molar-refractivity contribution in [2.45, 2.75) is 71.5 Å². The van der Waals surface area contributed by atoms with Gasteiger partial charge >= 0.3 is 6.03 Å². The standard InChI is InChI=1S/C18H32N4O2/c1-14(2)12-22-10-9-19-16(22)11-20-17(24)21-18(3,13-23)15-7-5-4-6-8-15/h9-10,14-15,23H,4-8,11-13H2,1-3H3,(H2,20,21,24). The second kappa shape index (κ2) is 8.51. The Morgan fingerprint density at radius 2 is 2.12 bits per heavy atom. The first-order valence-electron chi connectivity index (χ1n) is 9.11. The summed E-state index contributed by atoms with van der Waals surface area (Å²) in [5, 5.41) is 15.7. The molecule has 1 fully saturated rings. The first-order valence-corrected chi connectivity index (χ1v) is 9.11. The lowest BCUT2D eigenvalue weighted by Gasteiger charge is -2.39. The molecule has 0 spiro atoms. The van der Waals surface area contributed by atoms with Crippen molar-refractivity contribution >= 4 is 6.03 Å². The van der Waals surface area contributed by atoms with Crippen LogP contribution in [0.2, 0.25) is 0 Å². The number of aliphatic hydroxyl groups excluding tert-OH is 1. The zero-order valence-corrected chi connectivity index (χ0v) is 15.2. The van der Waals surface area contributed by atoms with Gasteiger partial charge in [-0.3, -0.25) is 0 Å². The van der Waals surface area contributed by atoms with E-state index in [1.807, 2.05) is 13.1 Å². The summed E-state index contributed by atoms with van der Waals surface area (Å²) < 4.78 is 2.07. The van der Waals surface area contributed by atoms with Gasteiger partial charge in [-0.2, -0.15) is 0 Å². The largest absolute Gasteiger partial charge is 0.394 e. The number of nitrogens with one attached hydrogen (secondary N) is 2. The Morgan fingerprint density at radius 3 is 2.75 bits per heavy atom. The van der Waals surface area contributed by atoms with Crippen molar-refractivity contribution in [3.8, 4) is 0 Å². The summed E-state index contributed by atoms with van der Waals surface area (Å²) >= 11 is 0. The Labute approximate surface area is 145 Å². The smallest absolute Gasteiger partial charge is 0.315 e. The van der Waals surface area contributed by atoms with Crippen molar-refractivity contribution in [1.82, 2.24) is 20.2 Å². The van der Waals surface area contributed by atoms with Crippen molar-refractivity contribution in [3.05, 3.63) is 18.2 Å². The lowest BCUT2D eigenvalue weighted by Crippen LogP contribution is -2.57. The monoisotopic (exact) mass is 336 g/mol. The zero-order chi connectivity index (χ0) is 17.6.